The van der Waals surface area contributed by atoms with Crippen molar-refractivity contribution in [3.63, 3.8) is 0 Å². The predicted octanol–water partition coefficient (Wildman–Crippen LogP) is 4.38. The summed E-state index contributed by atoms with van der Waals surface area (Å²) in [5, 5.41) is 9.00. The van der Waals surface area contributed by atoms with E-state index in [0.29, 0.717) is 18.4 Å². The van der Waals surface area contributed by atoms with Gasteiger partial charge in [-0.1, -0.05) is 42.8 Å². The van der Waals surface area contributed by atoms with Crippen LogP contribution in [0, 0.1) is 12.8 Å². The molecule has 3 N–H and O–H groups in total. The molecule has 1 aliphatic carbocycles. The summed E-state index contributed by atoms with van der Waals surface area (Å²) >= 11 is 0. The molecule has 3 nitrogen and oxygen atoms in total. The summed E-state index contributed by atoms with van der Waals surface area (Å²) < 4.78 is 6.09. The Morgan fingerprint density at radius 1 is 1.15 bits per heavy atom. The van der Waals surface area contributed by atoms with Crippen molar-refractivity contribution in [3.8, 4) is 5.75 Å². The number of aliphatic hydroxyl groups excluding tert-OH is 1. The molecule has 0 aromatic heterocycles. The molecule has 0 unspecified atom stereocenters. The second-order valence-corrected chi connectivity index (χ2v) is 7.87. The molecule has 3 heteroatoms. The molecule has 0 amide bonds. The summed E-state index contributed by atoms with van der Waals surface area (Å²) in [6.07, 6.45) is 6.36. The van der Waals surface area contributed by atoms with Crippen LogP contribution in [0.25, 0.3) is 0 Å². The Kier molecular flexibility index (Phi) is 7.31. The van der Waals surface area contributed by atoms with Crippen molar-refractivity contribution < 1.29 is 9.84 Å². The van der Waals surface area contributed by atoms with Gasteiger partial charge in [-0.3, -0.25) is 0 Å². The topological polar surface area (TPSA) is 55.5 Å². The largest absolute Gasteiger partial charge is 0.493 e. The lowest BCUT2D eigenvalue weighted by Gasteiger charge is -2.26. The van der Waals surface area contributed by atoms with Gasteiger partial charge in [0.15, 0.2) is 0 Å². The van der Waals surface area contributed by atoms with Crippen LogP contribution in [0.3, 0.4) is 0 Å². The van der Waals surface area contributed by atoms with E-state index < -0.39 is 0 Å². The van der Waals surface area contributed by atoms with Gasteiger partial charge in [-0.2, -0.15) is 0 Å². The number of benzene rings is 2. The Bertz CT molecular complexity index is 728. The number of fused-ring (bicyclic) bond motifs is 1. The van der Waals surface area contributed by atoms with Crippen molar-refractivity contribution in [1.82, 2.24) is 0 Å². The summed E-state index contributed by atoms with van der Waals surface area (Å²) in [5.41, 5.74) is 11.5. The quantitative estimate of drug-likeness (QED) is 0.647. The molecule has 146 valence electrons. The maximum atomic E-state index is 9.00. The molecule has 0 heterocycles. The third-order valence-corrected chi connectivity index (χ3v) is 5.85. The second-order valence-electron chi connectivity index (χ2n) is 7.87. The molecule has 3 rings (SSSR count). The summed E-state index contributed by atoms with van der Waals surface area (Å²) in [6.45, 7) is 3.84. The zero-order chi connectivity index (χ0) is 19.1. The fourth-order valence-corrected chi connectivity index (χ4v) is 4.10. The van der Waals surface area contributed by atoms with Crippen LogP contribution < -0.4 is 10.5 Å². The minimum absolute atomic E-state index is 0.271. The van der Waals surface area contributed by atoms with Crippen molar-refractivity contribution in [3.05, 3.63) is 64.7 Å². The van der Waals surface area contributed by atoms with Crippen LogP contribution in [0.1, 0.15) is 53.9 Å². The molecule has 2 aromatic carbocycles. The second kappa shape index (κ2) is 9.91. The molecule has 0 bridgehead atoms. The Morgan fingerprint density at radius 3 is 2.78 bits per heavy atom. The summed E-state index contributed by atoms with van der Waals surface area (Å²) in [7, 11) is 0. The Labute approximate surface area is 163 Å². The van der Waals surface area contributed by atoms with E-state index in [-0.39, 0.29) is 6.61 Å². The Morgan fingerprint density at radius 2 is 2.00 bits per heavy atom. The number of ether oxygens (including phenoxy) is 1. The van der Waals surface area contributed by atoms with E-state index in [1.54, 1.807) is 0 Å². The third-order valence-electron chi connectivity index (χ3n) is 5.85. The van der Waals surface area contributed by atoms with Gasteiger partial charge in [0.1, 0.15) is 5.75 Å². The van der Waals surface area contributed by atoms with E-state index in [4.69, 9.17) is 15.6 Å². The van der Waals surface area contributed by atoms with E-state index in [1.807, 2.05) is 6.07 Å². The average molecular weight is 368 g/mol. The average Bonchev–Trinajstić information content (AvgIpc) is 2.70. The number of unbranched alkanes of at least 4 members (excludes halogenated alkanes) is 1. The number of hydrogen-bond acceptors (Lipinski definition) is 3. The normalized spacial score (nSPS) is 17.4. The van der Waals surface area contributed by atoms with Crippen molar-refractivity contribution in [2.75, 3.05) is 19.8 Å². The van der Waals surface area contributed by atoms with Crippen LogP contribution in [0.15, 0.2) is 42.5 Å². The first-order chi connectivity index (χ1) is 13.2. The molecule has 1 aliphatic rings. The van der Waals surface area contributed by atoms with E-state index in [0.717, 1.165) is 44.5 Å². The number of nitrogens with two attached hydrogens (primary N) is 1. The highest BCUT2D eigenvalue weighted by atomic mass is 16.5. The minimum Gasteiger partial charge on any atom is -0.493 e. The lowest BCUT2D eigenvalue weighted by atomic mass is 9.81. The van der Waals surface area contributed by atoms with Crippen molar-refractivity contribution in [2.45, 2.75) is 51.4 Å². The van der Waals surface area contributed by atoms with Gasteiger partial charge in [0.25, 0.3) is 0 Å². The molecule has 0 spiro atoms. The molecule has 0 fully saturated rings. The first-order valence-electron chi connectivity index (χ1n) is 10.3. The summed E-state index contributed by atoms with van der Waals surface area (Å²) in [4.78, 5) is 0. The van der Waals surface area contributed by atoms with Gasteiger partial charge in [0.2, 0.25) is 0 Å². The van der Waals surface area contributed by atoms with Gasteiger partial charge < -0.3 is 15.6 Å². The van der Waals surface area contributed by atoms with Crippen molar-refractivity contribution in [2.24, 2.45) is 11.7 Å². The zero-order valence-electron chi connectivity index (χ0n) is 16.5. The predicted molar refractivity (Wildman–Crippen MR) is 111 cm³/mol. The van der Waals surface area contributed by atoms with Crippen LogP contribution in [-0.2, 0) is 12.8 Å². The number of aliphatic hydroxyl groups is 1. The van der Waals surface area contributed by atoms with E-state index in [9.17, 15) is 0 Å². The van der Waals surface area contributed by atoms with E-state index in [1.165, 1.54) is 28.7 Å². The Hall–Kier alpha value is -1.84. The number of rotatable bonds is 9. The van der Waals surface area contributed by atoms with Crippen LogP contribution in [0.5, 0.6) is 5.75 Å². The molecule has 27 heavy (non-hydrogen) atoms. The molecule has 2 atom stereocenters. The van der Waals surface area contributed by atoms with Gasteiger partial charge in [-0.25, -0.2) is 0 Å². The summed E-state index contributed by atoms with van der Waals surface area (Å²) in [5.74, 6) is 1.99. The molecule has 0 aliphatic heterocycles. The smallest absolute Gasteiger partial charge is 0.122 e. The van der Waals surface area contributed by atoms with Gasteiger partial charge in [-0.15, -0.1) is 0 Å². The maximum absolute atomic E-state index is 9.00. The lowest BCUT2D eigenvalue weighted by molar-refractivity contribution is 0.233. The van der Waals surface area contributed by atoms with Gasteiger partial charge in [-0.05, 0) is 85.7 Å². The highest BCUT2D eigenvalue weighted by Crippen LogP contribution is 2.30. The van der Waals surface area contributed by atoms with E-state index in [2.05, 4.69) is 43.3 Å². The molecule has 0 saturated carbocycles. The number of para-hydroxylation sites is 1. The van der Waals surface area contributed by atoms with Crippen LogP contribution in [0.4, 0.5) is 0 Å². The third kappa shape index (κ3) is 5.33. The summed E-state index contributed by atoms with van der Waals surface area (Å²) in [6, 6.07) is 15.2. The Balaban J connectivity index is 1.59. The number of aryl methyl sites for hydroxylation is 2. The molecule has 0 radical (unpaired) electrons. The van der Waals surface area contributed by atoms with Crippen molar-refractivity contribution >= 4 is 0 Å². The maximum Gasteiger partial charge on any atom is 0.122 e. The van der Waals surface area contributed by atoms with Crippen LogP contribution >= 0.6 is 0 Å². The van der Waals surface area contributed by atoms with Crippen molar-refractivity contribution in [1.29, 1.82) is 0 Å². The molecular formula is C24H33NO2. The minimum atomic E-state index is 0.271. The van der Waals surface area contributed by atoms with E-state index >= 15 is 0 Å². The standard InChI is InChI=1S/C24H33NO2/c1-18-6-2-3-8-24(18)27-17-19-9-10-21-15-22(12-11-20(21)14-19)23(16-25)7-4-5-13-26/h2-3,6,8,11-12,15,19,23,26H,4-5,7,9-10,13-14,16-17,25H2,1H3/t19-,23+/m1/s1. The van der Waals surface area contributed by atoms with Crippen LogP contribution in [0.2, 0.25) is 0 Å². The molecular weight excluding hydrogens is 334 g/mol. The van der Waals surface area contributed by atoms with Gasteiger partial charge >= 0.3 is 0 Å². The lowest BCUT2D eigenvalue weighted by Crippen LogP contribution is -2.21. The fourth-order valence-electron chi connectivity index (χ4n) is 4.10. The highest BCUT2D eigenvalue weighted by molar-refractivity contribution is 5.36. The zero-order valence-corrected chi connectivity index (χ0v) is 16.5. The first kappa shape index (κ1) is 19.9. The molecule has 2 aromatic rings. The van der Waals surface area contributed by atoms with Crippen LogP contribution in [-0.4, -0.2) is 24.9 Å². The first-order valence-corrected chi connectivity index (χ1v) is 10.3. The van der Waals surface area contributed by atoms with Gasteiger partial charge in [0.05, 0.1) is 6.61 Å². The fraction of sp³-hybridized carbons (Fsp3) is 0.500. The SMILES string of the molecule is Cc1ccccc1OC[C@@H]1CCc2cc([C@H](CN)CCCCO)ccc2C1. The highest BCUT2D eigenvalue weighted by Gasteiger charge is 2.21. The molecule has 0 saturated heterocycles. The van der Waals surface area contributed by atoms with Gasteiger partial charge in [0, 0.05) is 6.61 Å². The monoisotopic (exact) mass is 367 g/mol. The number of hydrogen-bond donors (Lipinski definition) is 2.